The number of hydrogen-bond acceptors (Lipinski definition) is 19. The molecule has 0 radical (unpaired) electrons. The number of amides is 9. The SMILES string of the molecule is COc1ccc2c(CC(=O)N[C@@H](CCCCN)C(=O)N3CCC[C@H]3C(=O)N[C@@H](CC(C)C)C(=O)NCC(=O)N[C@@H](CC(C)C)C(=O)N[C@H](C(=O)N[C@@H](C)C(=O)N[C@@H](CCCN=C(N)N)C(N)=O)[C@@H](N)c3ccc([N+](=O)[O-])cc3[N+](=O)[O-])cc(=O)oc2c1. The topological polar surface area (TPSA) is 509 Å². The van der Waals surface area contributed by atoms with Gasteiger partial charge in [-0.25, -0.2) is 4.79 Å². The Kier molecular flexibility index (Phi) is 26.9. The first kappa shape index (κ1) is 70.2. The lowest BCUT2D eigenvalue weighted by molar-refractivity contribution is -0.394. The Labute approximate surface area is 500 Å². The second-order valence-electron chi connectivity index (χ2n) is 21.8. The molecule has 1 aliphatic rings. The number of carbonyl (C=O) groups is 9. The maximum absolute atomic E-state index is 14.3. The number of non-ortho nitro benzene ring substituents is 1. The fourth-order valence-electron chi connectivity index (χ4n) is 9.66. The molecule has 1 aromatic heterocycles. The first-order chi connectivity index (χ1) is 41.0. The molecular formula is C55H80N16O16. The van der Waals surface area contributed by atoms with Crippen LogP contribution >= 0.6 is 0 Å². The fourth-order valence-corrected chi connectivity index (χ4v) is 9.66. The highest BCUT2D eigenvalue weighted by atomic mass is 16.6. The number of unbranched alkanes of at least 4 members (excludes halogenated alkanes) is 1. The number of methoxy groups -OCH3 is 1. The standard InChI is InChI=1S/C55H80N16O16/c1-28(2)21-38(67-52(79)40-13-10-20-69(40)54(81)37(11-7-8-18-56)64-43(72)23-31-24-45(74)87-42-26-33(86-6)15-17-34(31)42)50(77)62-27-44(73)65-39(22-29(3)4)51(78)68-47(46(57)35-16-14-32(70(82)83)25-41(35)71(84)85)53(80)63-30(5)49(76)66-36(48(58)75)12-9-19-61-55(59)60/h14-17,24-26,28-30,36-40,46-47H,7-13,18-23,27,56-57H2,1-6H3,(H2,58,75)(H,62,77)(H,63,80)(H,64,72)(H,65,73)(H,66,76)(H,67,79)(H,68,78)(H4,59,60,61)/t30-,36-,37-,38-,39-,40-,46-,47-/m0/s1. The molecule has 1 aliphatic heterocycles. The zero-order valence-corrected chi connectivity index (χ0v) is 49.4. The summed E-state index contributed by atoms with van der Waals surface area (Å²) in [5.41, 5.74) is 26.2. The minimum atomic E-state index is -2.00. The third-order valence-corrected chi connectivity index (χ3v) is 14.0. The van der Waals surface area contributed by atoms with Gasteiger partial charge in [0.1, 0.15) is 53.6 Å². The van der Waals surface area contributed by atoms with Gasteiger partial charge in [-0.05, 0) is 107 Å². The predicted octanol–water partition coefficient (Wildman–Crippen LogP) is -1.34. The molecule has 0 spiro atoms. The molecule has 87 heavy (non-hydrogen) atoms. The maximum atomic E-state index is 14.3. The smallest absolute Gasteiger partial charge is 0.336 e. The van der Waals surface area contributed by atoms with Gasteiger partial charge in [-0.3, -0.25) is 68.4 Å². The number of ether oxygens (including phenoxy) is 1. The van der Waals surface area contributed by atoms with E-state index in [9.17, 15) is 68.2 Å². The van der Waals surface area contributed by atoms with E-state index < -0.39 is 140 Å². The van der Waals surface area contributed by atoms with E-state index in [0.717, 1.165) is 12.1 Å². The van der Waals surface area contributed by atoms with Crippen molar-refractivity contribution in [1.29, 1.82) is 0 Å². The normalized spacial score (nSPS) is 15.3. The summed E-state index contributed by atoms with van der Waals surface area (Å²) in [7, 11) is 1.45. The van der Waals surface area contributed by atoms with Crippen LogP contribution in [0.4, 0.5) is 11.4 Å². The van der Waals surface area contributed by atoms with Gasteiger partial charge in [-0.2, -0.15) is 0 Å². The number of likely N-dealkylation sites (tertiary alicyclic amines) is 1. The summed E-state index contributed by atoms with van der Waals surface area (Å²) < 4.78 is 10.6. The minimum absolute atomic E-state index is 0.0171. The summed E-state index contributed by atoms with van der Waals surface area (Å²) in [5.74, 6) is -8.03. The van der Waals surface area contributed by atoms with Crippen LogP contribution in [0, 0.1) is 32.1 Å². The Hall–Kier alpha value is -9.33. The molecule has 4 rings (SSSR count). The number of carbonyl (C=O) groups excluding carboxylic acids is 9. The third-order valence-electron chi connectivity index (χ3n) is 14.0. The number of fused-ring (bicyclic) bond motifs is 1. The molecule has 2 aromatic carbocycles. The van der Waals surface area contributed by atoms with Crippen LogP contribution in [-0.2, 0) is 49.6 Å². The van der Waals surface area contributed by atoms with Crippen molar-refractivity contribution in [3.05, 3.63) is 84.2 Å². The number of nitrogens with two attached hydrogens (primary N) is 5. The second kappa shape index (κ2) is 33.4. The Bertz CT molecular complexity index is 3100. The van der Waals surface area contributed by atoms with Crippen LogP contribution in [-0.4, -0.2) is 149 Å². The molecule has 0 bridgehead atoms. The number of nitrogens with zero attached hydrogens (tertiary/aromatic N) is 4. The van der Waals surface area contributed by atoms with Crippen LogP contribution in [0.3, 0.4) is 0 Å². The number of hydrogen-bond donors (Lipinski definition) is 12. The molecule has 9 amide bonds. The van der Waals surface area contributed by atoms with Gasteiger partial charge in [-0.15, -0.1) is 0 Å². The molecule has 0 saturated carbocycles. The van der Waals surface area contributed by atoms with Crippen molar-refractivity contribution in [3.63, 3.8) is 0 Å². The average molecular weight is 1220 g/mol. The lowest BCUT2D eigenvalue weighted by Crippen LogP contribution is -2.60. The number of benzene rings is 2. The van der Waals surface area contributed by atoms with E-state index in [2.05, 4.69) is 42.2 Å². The summed E-state index contributed by atoms with van der Waals surface area (Å²) >= 11 is 0. The molecular weight excluding hydrogens is 1140 g/mol. The molecule has 17 N–H and O–H groups in total. The Morgan fingerprint density at radius 2 is 1.40 bits per heavy atom. The molecule has 32 heteroatoms. The van der Waals surface area contributed by atoms with Gasteiger partial charge in [0.2, 0.25) is 53.2 Å². The molecule has 32 nitrogen and oxygen atoms in total. The van der Waals surface area contributed by atoms with Crippen LogP contribution in [0.5, 0.6) is 5.75 Å². The minimum Gasteiger partial charge on any atom is -0.497 e. The van der Waals surface area contributed by atoms with E-state index in [-0.39, 0.29) is 81.4 Å². The van der Waals surface area contributed by atoms with E-state index in [1.54, 1.807) is 39.8 Å². The molecule has 476 valence electrons. The van der Waals surface area contributed by atoms with Crippen molar-refractivity contribution in [1.82, 2.24) is 42.1 Å². The Morgan fingerprint density at radius 3 is 2.01 bits per heavy atom. The number of nitrogens with one attached hydrogen (secondary N) is 7. The van der Waals surface area contributed by atoms with Crippen LogP contribution in [0.2, 0.25) is 0 Å². The van der Waals surface area contributed by atoms with Gasteiger partial charge in [0.05, 0.1) is 42.0 Å². The molecule has 0 unspecified atom stereocenters. The van der Waals surface area contributed by atoms with Gasteiger partial charge < -0.3 is 79.9 Å². The first-order valence-electron chi connectivity index (χ1n) is 28.3. The largest absolute Gasteiger partial charge is 0.497 e. The van der Waals surface area contributed by atoms with Gasteiger partial charge in [-0.1, -0.05) is 27.7 Å². The quantitative estimate of drug-likeness (QED) is 0.00822. The number of nitro groups is 2. The molecule has 2 heterocycles. The summed E-state index contributed by atoms with van der Waals surface area (Å²) in [5, 5.41) is 41.9. The summed E-state index contributed by atoms with van der Waals surface area (Å²) in [6.45, 7) is 7.93. The molecule has 0 aliphatic carbocycles. The predicted molar refractivity (Wildman–Crippen MR) is 315 cm³/mol. The van der Waals surface area contributed by atoms with E-state index in [1.807, 2.05) is 0 Å². The molecule has 8 atom stereocenters. The molecule has 3 aromatic rings. The molecule has 1 fully saturated rings. The monoisotopic (exact) mass is 1220 g/mol. The maximum Gasteiger partial charge on any atom is 0.336 e. The average Bonchev–Trinajstić information content (AvgIpc) is 1.87. The molecule has 1 saturated heterocycles. The highest BCUT2D eigenvalue weighted by molar-refractivity contribution is 5.98. The van der Waals surface area contributed by atoms with Gasteiger partial charge in [0, 0.05) is 42.2 Å². The van der Waals surface area contributed by atoms with Gasteiger partial charge in [0.25, 0.3) is 11.4 Å². The number of primary amides is 1. The van der Waals surface area contributed by atoms with Crippen molar-refractivity contribution in [3.8, 4) is 5.75 Å². The van der Waals surface area contributed by atoms with Gasteiger partial charge in [0.15, 0.2) is 5.96 Å². The van der Waals surface area contributed by atoms with Crippen molar-refractivity contribution < 1.29 is 62.2 Å². The van der Waals surface area contributed by atoms with Crippen molar-refractivity contribution in [2.45, 2.75) is 147 Å². The van der Waals surface area contributed by atoms with Crippen molar-refractivity contribution in [2.24, 2.45) is 45.5 Å². The zero-order chi connectivity index (χ0) is 64.8. The lowest BCUT2D eigenvalue weighted by Gasteiger charge is -2.30. The highest BCUT2D eigenvalue weighted by Gasteiger charge is 2.40. The number of nitro benzene ring substituents is 2. The van der Waals surface area contributed by atoms with E-state index in [4.69, 9.17) is 37.8 Å². The lowest BCUT2D eigenvalue weighted by atomic mass is 9.95. The number of aliphatic imine (C=N–C) groups is 1. The Balaban J connectivity index is 1.51. The third kappa shape index (κ3) is 21.3. The van der Waals surface area contributed by atoms with Gasteiger partial charge >= 0.3 is 5.63 Å². The summed E-state index contributed by atoms with van der Waals surface area (Å²) in [6.07, 6.45) is 1.61. The van der Waals surface area contributed by atoms with Crippen molar-refractivity contribution >= 4 is 81.5 Å². The first-order valence-corrected chi connectivity index (χ1v) is 28.3. The second-order valence-corrected chi connectivity index (χ2v) is 21.8. The number of guanidine groups is 1. The summed E-state index contributed by atoms with van der Waals surface area (Å²) in [6, 6.07) is -3.14. The zero-order valence-electron chi connectivity index (χ0n) is 49.4. The van der Waals surface area contributed by atoms with Crippen LogP contribution in [0.15, 0.2) is 56.7 Å². The Morgan fingerprint density at radius 1 is 0.747 bits per heavy atom. The van der Waals surface area contributed by atoms with Crippen LogP contribution < -0.4 is 76.2 Å². The van der Waals surface area contributed by atoms with Crippen LogP contribution in [0.1, 0.15) is 110 Å². The number of rotatable bonds is 34. The van der Waals surface area contributed by atoms with E-state index in [1.165, 1.54) is 31.1 Å². The fraction of sp³-hybridized carbons (Fsp3) is 0.545. The van der Waals surface area contributed by atoms with Crippen LogP contribution in [0.25, 0.3) is 11.0 Å². The van der Waals surface area contributed by atoms with Crippen molar-refractivity contribution in [2.75, 3.05) is 33.3 Å². The highest BCUT2D eigenvalue weighted by Crippen LogP contribution is 2.31. The van der Waals surface area contributed by atoms with E-state index >= 15 is 0 Å². The van der Waals surface area contributed by atoms with E-state index in [0.29, 0.717) is 48.6 Å². The summed E-state index contributed by atoms with van der Waals surface area (Å²) in [4.78, 5) is 163.